The molecule has 4 nitrogen and oxygen atoms in total. The first-order valence-corrected chi connectivity index (χ1v) is 7.42. The zero-order valence-corrected chi connectivity index (χ0v) is 13.2. The summed E-state index contributed by atoms with van der Waals surface area (Å²) < 4.78 is 5.12. The molecule has 0 spiro atoms. The van der Waals surface area contributed by atoms with Crippen molar-refractivity contribution in [2.24, 2.45) is 11.8 Å². The summed E-state index contributed by atoms with van der Waals surface area (Å²) in [4.78, 5) is 14.5. The third-order valence-corrected chi connectivity index (χ3v) is 4.32. The van der Waals surface area contributed by atoms with Crippen molar-refractivity contribution < 1.29 is 9.53 Å². The van der Waals surface area contributed by atoms with Crippen LogP contribution in [0.2, 0.25) is 0 Å². The van der Waals surface area contributed by atoms with Crippen LogP contribution in [-0.4, -0.2) is 50.7 Å². The van der Waals surface area contributed by atoms with Gasteiger partial charge in [-0.2, -0.15) is 0 Å². The monoisotopic (exact) mass is 270 g/mol. The van der Waals surface area contributed by atoms with E-state index in [0.717, 1.165) is 32.4 Å². The highest BCUT2D eigenvalue weighted by Crippen LogP contribution is 2.39. The van der Waals surface area contributed by atoms with Crippen molar-refractivity contribution >= 4 is 5.97 Å². The minimum atomic E-state index is -0.475. The molecule has 2 unspecified atom stereocenters. The molecule has 1 rings (SSSR count). The van der Waals surface area contributed by atoms with Gasteiger partial charge >= 0.3 is 5.97 Å². The smallest absolute Gasteiger partial charge is 0.326 e. The van der Waals surface area contributed by atoms with Crippen LogP contribution in [0.5, 0.6) is 0 Å². The number of likely N-dealkylation sites (N-methyl/N-ethyl adjacent to an activating group) is 1. The van der Waals surface area contributed by atoms with Gasteiger partial charge in [-0.25, -0.2) is 0 Å². The maximum atomic E-state index is 12.4. The third kappa shape index (κ3) is 3.93. The molecule has 0 heterocycles. The van der Waals surface area contributed by atoms with Gasteiger partial charge in [0.2, 0.25) is 0 Å². The second-order valence-electron chi connectivity index (χ2n) is 6.29. The van der Waals surface area contributed by atoms with Gasteiger partial charge in [-0.3, -0.25) is 4.79 Å². The SMILES string of the molecule is COC(=O)C1(NCCN(C)C)CCCCC1C(C)C. The number of hydrogen-bond acceptors (Lipinski definition) is 4. The molecule has 0 aromatic rings. The predicted molar refractivity (Wildman–Crippen MR) is 78.1 cm³/mol. The summed E-state index contributed by atoms with van der Waals surface area (Å²) in [6.07, 6.45) is 4.34. The first-order chi connectivity index (χ1) is 8.94. The van der Waals surface area contributed by atoms with Crippen LogP contribution in [0.15, 0.2) is 0 Å². The summed E-state index contributed by atoms with van der Waals surface area (Å²) in [6, 6.07) is 0. The van der Waals surface area contributed by atoms with Crippen molar-refractivity contribution in [1.82, 2.24) is 10.2 Å². The van der Waals surface area contributed by atoms with Crippen molar-refractivity contribution in [2.45, 2.75) is 45.1 Å². The van der Waals surface area contributed by atoms with Crippen LogP contribution in [0, 0.1) is 11.8 Å². The molecule has 1 aliphatic carbocycles. The minimum Gasteiger partial charge on any atom is -0.468 e. The Labute approximate surface area is 117 Å². The van der Waals surface area contributed by atoms with E-state index in [1.54, 1.807) is 0 Å². The third-order valence-electron chi connectivity index (χ3n) is 4.32. The van der Waals surface area contributed by atoms with Crippen LogP contribution in [-0.2, 0) is 9.53 Å². The number of esters is 1. The quantitative estimate of drug-likeness (QED) is 0.749. The Bertz CT molecular complexity index is 292. The molecule has 2 atom stereocenters. The fourth-order valence-electron chi connectivity index (χ4n) is 3.33. The highest BCUT2D eigenvalue weighted by atomic mass is 16.5. The van der Waals surface area contributed by atoms with Gasteiger partial charge in [0.25, 0.3) is 0 Å². The van der Waals surface area contributed by atoms with Crippen molar-refractivity contribution in [3.05, 3.63) is 0 Å². The Balaban J connectivity index is 2.85. The lowest BCUT2D eigenvalue weighted by atomic mass is 9.67. The van der Waals surface area contributed by atoms with Gasteiger partial charge in [-0.15, -0.1) is 0 Å². The molecule has 0 radical (unpaired) electrons. The molecule has 0 saturated heterocycles. The highest BCUT2D eigenvalue weighted by molar-refractivity contribution is 5.81. The number of carbonyl (C=O) groups is 1. The molecule has 1 aliphatic rings. The van der Waals surface area contributed by atoms with Gasteiger partial charge in [0.1, 0.15) is 5.54 Å². The van der Waals surface area contributed by atoms with E-state index < -0.39 is 5.54 Å². The number of hydrogen-bond donors (Lipinski definition) is 1. The Morgan fingerprint density at radius 2 is 2.11 bits per heavy atom. The van der Waals surface area contributed by atoms with E-state index in [2.05, 4.69) is 24.1 Å². The summed E-state index contributed by atoms with van der Waals surface area (Å²) in [5, 5.41) is 3.53. The van der Waals surface area contributed by atoms with Crippen LogP contribution in [0.3, 0.4) is 0 Å². The fourth-order valence-corrected chi connectivity index (χ4v) is 3.33. The Hall–Kier alpha value is -0.610. The molecule has 0 aromatic carbocycles. The van der Waals surface area contributed by atoms with Crippen molar-refractivity contribution in [1.29, 1.82) is 0 Å². The summed E-state index contributed by atoms with van der Waals surface area (Å²) in [5.41, 5.74) is -0.475. The molecule has 1 saturated carbocycles. The van der Waals surface area contributed by atoms with Gasteiger partial charge < -0.3 is 15.0 Å². The molecule has 0 aliphatic heterocycles. The van der Waals surface area contributed by atoms with E-state index in [-0.39, 0.29) is 5.97 Å². The van der Waals surface area contributed by atoms with E-state index >= 15 is 0 Å². The predicted octanol–water partition coefficient (Wildman–Crippen LogP) is 1.90. The molecule has 0 aromatic heterocycles. The van der Waals surface area contributed by atoms with Crippen molar-refractivity contribution in [2.75, 3.05) is 34.3 Å². The van der Waals surface area contributed by atoms with Gasteiger partial charge in [0, 0.05) is 13.1 Å². The zero-order chi connectivity index (χ0) is 14.5. The van der Waals surface area contributed by atoms with Crippen LogP contribution in [0.25, 0.3) is 0 Å². The average molecular weight is 270 g/mol. The number of carbonyl (C=O) groups excluding carboxylic acids is 1. The molecular weight excluding hydrogens is 240 g/mol. The van der Waals surface area contributed by atoms with Crippen LogP contribution in [0.1, 0.15) is 39.5 Å². The number of methoxy groups -OCH3 is 1. The second-order valence-corrected chi connectivity index (χ2v) is 6.29. The molecule has 0 bridgehead atoms. The largest absolute Gasteiger partial charge is 0.468 e. The van der Waals surface area contributed by atoms with Crippen molar-refractivity contribution in [3.8, 4) is 0 Å². The fraction of sp³-hybridized carbons (Fsp3) is 0.933. The molecule has 0 amide bonds. The second kappa shape index (κ2) is 7.25. The maximum absolute atomic E-state index is 12.4. The normalized spacial score (nSPS) is 27.8. The molecule has 4 heteroatoms. The minimum absolute atomic E-state index is 0.0790. The van der Waals surface area contributed by atoms with Crippen LogP contribution < -0.4 is 5.32 Å². The van der Waals surface area contributed by atoms with Gasteiger partial charge in [0.05, 0.1) is 7.11 Å². The van der Waals surface area contributed by atoms with Gasteiger partial charge in [-0.1, -0.05) is 26.7 Å². The lowest BCUT2D eigenvalue weighted by Crippen LogP contribution is -2.61. The van der Waals surface area contributed by atoms with E-state index in [0.29, 0.717) is 11.8 Å². The summed E-state index contributed by atoms with van der Waals surface area (Å²) >= 11 is 0. The molecular formula is C15H30N2O2. The lowest BCUT2D eigenvalue weighted by molar-refractivity contribution is -0.154. The highest BCUT2D eigenvalue weighted by Gasteiger charge is 2.48. The van der Waals surface area contributed by atoms with Gasteiger partial charge in [0.15, 0.2) is 0 Å². The summed E-state index contributed by atoms with van der Waals surface area (Å²) in [6.45, 7) is 6.18. The zero-order valence-electron chi connectivity index (χ0n) is 13.2. The first kappa shape index (κ1) is 16.4. The van der Waals surface area contributed by atoms with Crippen LogP contribution >= 0.6 is 0 Å². The molecule has 1 fully saturated rings. The molecule has 19 heavy (non-hydrogen) atoms. The Kier molecular flexibility index (Phi) is 6.27. The molecule has 112 valence electrons. The standard InChI is InChI=1S/C15H30N2O2/c1-12(2)13-8-6-7-9-15(13,14(18)19-5)16-10-11-17(3)4/h12-13,16H,6-11H2,1-5H3. The number of ether oxygens (including phenoxy) is 1. The summed E-state index contributed by atoms with van der Waals surface area (Å²) in [7, 11) is 5.60. The average Bonchev–Trinajstić information content (AvgIpc) is 2.37. The van der Waals surface area contributed by atoms with Crippen LogP contribution in [0.4, 0.5) is 0 Å². The lowest BCUT2D eigenvalue weighted by Gasteiger charge is -2.44. The van der Waals surface area contributed by atoms with Gasteiger partial charge in [-0.05, 0) is 38.8 Å². The van der Waals surface area contributed by atoms with E-state index in [1.807, 2.05) is 14.1 Å². The number of rotatable bonds is 6. The Morgan fingerprint density at radius 3 is 2.63 bits per heavy atom. The topological polar surface area (TPSA) is 41.6 Å². The Morgan fingerprint density at radius 1 is 1.42 bits per heavy atom. The summed E-state index contributed by atoms with van der Waals surface area (Å²) in [5.74, 6) is 0.784. The van der Waals surface area contributed by atoms with E-state index in [1.165, 1.54) is 13.5 Å². The maximum Gasteiger partial charge on any atom is 0.326 e. The van der Waals surface area contributed by atoms with E-state index in [9.17, 15) is 4.79 Å². The number of nitrogens with zero attached hydrogens (tertiary/aromatic N) is 1. The van der Waals surface area contributed by atoms with E-state index in [4.69, 9.17) is 4.74 Å². The van der Waals surface area contributed by atoms with Crippen molar-refractivity contribution in [3.63, 3.8) is 0 Å². The first-order valence-electron chi connectivity index (χ1n) is 7.42. The number of nitrogens with one attached hydrogen (secondary N) is 1. The molecule has 1 N–H and O–H groups in total.